The summed E-state index contributed by atoms with van der Waals surface area (Å²) in [5.41, 5.74) is 0. The fourth-order valence-corrected chi connectivity index (χ4v) is 2.51. The third kappa shape index (κ3) is 5.29. The van der Waals surface area contributed by atoms with Gasteiger partial charge in [0.05, 0.1) is 5.02 Å². The number of aliphatic hydroxyl groups excluding tert-OH is 1. The van der Waals surface area contributed by atoms with Crippen molar-refractivity contribution in [3.05, 3.63) is 29.3 Å². The second-order valence-corrected chi connectivity index (χ2v) is 5.56. The van der Waals surface area contributed by atoms with Crippen molar-refractivity contribution in [3.63, 3.8) is 0 Å². The lowest BCUT2D eigenvalue weighted by Gasteiger charge is -2.17. The molecule has 20 heavy (non-hydrogen) atoms. The Morgan fingerprint density at radius 1 is 1.30 bits per heavy atom. The number of nitrogens with zero attached hydrogens (tertiary/aromatic N) is 1. The molecule has 0 aliphatic carbocycles. The predicted molar refractivity (Wildman–Crippen MR) is 81.5 cm³/mol. The van der Waals surface area contributed by atoms with Crippen molar-refractivity contribution in [2.24, 2.45) is 0 Å². The standard InChI is InChI=1S/C15H23ClN2O2/c16-14-5-1-2-6-15(14)20-12-13(19)11-17-7-10-18-8-3-4-9-18/h1-2,5-6,13,17,19H,3-4,7-12H2. The molecule has 2 rings (SSSR count). The molecule has 1 aliphatic heterocycles. The minimum atomic E-state index is -0.523. The van der Waals surface area contributed by atoms with Gasteiger partial charge >= 0.3 is 0 Å². The van der Waals surface area contributed by atoms with Crippen LogP contribution in [-0.4, -0.2) is 55.4 Å². The first kappa shape index (κ1) is 15.6. The first-order valence-corrected chi connectivity index (χ1v) is 7.62. The van der Waals surface area contributed by atoms with Gasteiger partial charge in [0, 0.05) is 19.6 Å². The van der Waals surface area contributed by atoms with Crippen LogP contribution in [0, 0.1) is 0 Å². The van der Waals surface area contributed by atoms with Crippen LogP contribution in [0.3, 0.4) is 0 Å². The number of nitrogens with one attached hydrogen (secondary N) is 1. The summed E-state index contributed by atoms with van der Waals surface area (Å²) in [6, 6.07) is 7.29. The van der Waals surface area contributed by atoms with Crippen LogP contribution in [0.4, 0.5) is 0 Å². The molecule has 1 heterocycles. The second kappa shape index (κ2) is 8.47. The van der Waals surface area contributed by atoms with Crippen LogP contribution in [0.2, 0.25) is 5.02 Å². The molecule has 1 aromatic rings. The maximum atomic E-state index is 9.85. The number of para-hydroxylation sites is 1. The Balaban J connectivity index is 1.56. The van der Waals surface area contributed by atoms with E-state index in [0.29, 0.717) is 17.3 Å². The van der Waals surface area contributed by atoms with Gasteiger partial charge in [-0.25, -0.2) is 0 Å². The molecule has 0 saturated carbocycles. The van der Waals surface area contributed by atoms with Crippen LogP contribution in [-0.2, 0) is 0 Å². The maximum absolute atomic E-state index is 9.85. The van der Waals surface area contributed by atoms with E-state index >= 15 is 0 Å². The van der Waals surface area contributed by atoms with E-state index in [1.807, 2.05) is 12.1 Å². The van der Waals surface area contributed by atoms with Gasteiger partial charge in [0.1, 0.15) is 18.5 Å². The number of likely N-dealkylation sites (tertiary alicyclic amines) is 1. The van der Waals surface area contributed by atoms with Crippen LogP contribution in [0.5, 0.6) is 5.75 Å². The van der Waals surface area contributed by atoms with Crippen molar-refractivity contribution in [2.45, 2.75) is 18.9 Å². The number of aliphatic hydroxyl groups is 1. The molecule has 1 aromatic carbocycles. The normalized spacial score (nSPS) is 17.3. The lowest BCUT2D eigenvalue weighted by molar-refractivity contribution is 0.106. The van der Waals surface area contributed by atoms with Crippen molar-refractivity contribution in [3.8, 4) is 5.75 Å². The van der Waals surface area contributed by atoms with Crippen LogP contribution in [0.25, 0.3) is 0 Å². The quantitative estimate of drug-likeness (QED) is 0.718. The van der Waals surface area contributed by atoms with Crippen molar-refractivity contribution in [1.29, 1.82) is 0 Å². The molecular weight excluding hydrogens is 276 g/mol. The number of rotatable bonds is 8. The lowest BCUT2D eigenvalue weighted by Crippen LogP contribution is -2.36. The molecule has 0 radical (unpaired) electrons. The van der Waals surface area contributed by atoms with Crippen LogP contribution < -0.4 is 10.1 Å². The van der Waals surface area contributed by atoms with Crippen LogP contribution in [0.15, 0.2) is 24.3 Å². The summed E-state index contributed by atoms with van der Waals surface area (Å²) in [5.74, 6) is 0.616. The first-order chi connectivity index (χ1) is 9.75. The van der Waals surface area contributed by atoms with Gasteiger partial charge in [-0.05, 0) is 38.1 Å². The minimum Gasteiger partial charge on any atom is -0.489 e. The predicted octanol–water partition coefficient (Wildman–Crippen LogP) is 1.77. The smallest absolute Gasteiger partial charge is 0.138 e. The van der Waals surface area contributed by atoms with Gasteiger partial charge in [0.2, 0.25) is 0 Å². The van der Waals surface area contributed by atoms with Gasteiger partial charge in [-0.3, -0.25) is 0 Å². The number of halogens is 1. The molecular formula is C15H23ClN2O2. The summed E-state index contributed by atoms with van der Waals surface area (Å²) in [4.78, 5) is 2.44. The summed E-state index contributed by atoms with van der Waals surface area (Å²) < 4.78 is 5.50. The average molecular weight is 299 g/mol. The zero-order valence-electron chi connectivity index (χ0n) is 11.7. The summed E-state index contributed by atoms with van der Waals surface area (Å²) in [7, 11) is 0. The highest BCUT2D eigenvalue weighted by Crippen LogP contribution is 2.22. The monoisotopic (exact) mass is 298 g/mol. The number of hydrogen-bond donors (Lipinski definition) is 2. The Morgan fingerprint density at radius 2 is 2.05 bits per heavy atom. The summed E-state index contributed by atoms with van der Waals surface area (Å²) in [6.45, 7) is 5.17. The van der Waals surface area contributed by atoms with Gasteiger partial charge in [-0.15, -0.1) is 0 Å². The van der Waals surface area contributed by atoms with Gasteiger partial charge in [0.15, 0.2) is 0 Å². The number of hydrogen-bond acceptors (Lipinski definition) is 4. The van der Waals surface area contributed by atoms with E-state index < -0.39 is 6.10 Å². The van der Waals surface area contributed by atoms with Crippen molar-refractivity contribution < 1.29 is 9.84 Å². The highest BCUT2D eigenvalue weighted by atomic mass is 35.5. The van der Waals surface area contributed by atoms with E-state index in [-0.39, 0.29) is 6.61 Å². The number of benzene rings is 1. The lowest BCUT2D eigenvalue weighted by atomic mass is 10.3. The summed E-state index contributed by atoms with van der Waals surface area (Å²) in [5, 5.41) is 13.7. The third-order valence-corrected chi connectivity index (χ3v) is 3.76. The highest BCUT2D eigenvalue weighted by molar-refractivity contribution is 6.32. The Hall–Kier alpha value is -0.810. The number of ether oxygens (including phenoxy) is 1. The SMILES string of the molecule is OC(CNCCN1CCCC1)COc1ccccc1Cl. The molecule has 1 fully saturated rings. The molecule has 1 saturated heterocycles. The average Bonchev–Trinajstić information content (AvgIpc) is 2.96. The zero-order valence-corrected chi connectivity index (χ0v) is 12.5. The van der Waals surface area contributed by atoms with E-state index in [9.17, 15) is 5.11 Å². The molecule has 2 N–H and O–H groups in total. The largest absolute Gasteiger partial charge is 0.489 e. The van der Waals surface area contributed by atoms with Crippen molar-refractivity contribution in [2.75, 3.05) is 39.3 Å². The molecule has 112 valence electrons. The topological polar surface area (TPSA) is 44.7 Å². The van der Waals surface area contributed by atoms with Crippen LogP contribution >= 0.6 is 11.6 Å². The van der Waals surface area contributed by atoms with Gasteiger partial charge in [0.25, 0.3) is 0 Å². The summed E-state index contributed by atoms with van der Waals surface area (Å²) in [6.07, 6.45) is 2.10. The van der Waals surface area contributed by atoms with E-state index in [1.165, 1.54) is 25.9 Å². The Morgan fingerprint density at radius 3 is 2.80 bits per heavy atom. The van der Waals surface area contributed by atoms with E-state index in [0.717, 1.165) is 13.1 Å². The molecule has 5 heteroatoms. The Labute approximate surface area is 125 Å². The minimum absolute atomic E-state index is 0.250. The van der Waals surface area contributed by atoms with E-state index in [4.69, 9.17) is 16.3 Å². The molecule has 0 spiro atoms. The Kier molecular flexibility index (Phi) is 6.60. The molecule has 1 atom stereocenters. The van der Waals surface area contributed by atoms with Gasteiger partial charge < -0.3 is 20.1 Å². The van der Waals surface area contributed by atoms with Gasteiger partial charge in [-0.1, -0.05) is 23.7 Å². The molecule has 1 aliphatic rings. The zero-order chi connectivity index (χ0) is 14.2. The summed E-state index contributed by atoms with van der Waals surface area (Å²) >= 11 is 5.98. The van der Waals surface area contributed by atoms with E-state index in [2.05, 4.69) is 10.2 Å². The fourth-order valence-electron chi connectivity index (χ4n) is 2.32. The fraction of sp³-hybridized carbons (Fsp3) is 0.600. The maximum Gasteiger partial charge on any atom is 0.138 e. The van der Waals surface area contributed by atoms with E-state index in [1.54, 1.807) is 12.1 Å². The first-order valence-electron chi connectivity index (χ1n) is 7.24. The molecule has 1 unspecified atom stereocenters. The van der Waals surface area contributed by atoms with Crippen LogP contribution in [0.1, 0.15) is 12.8 Å². The van der Waals surface area contributed by atoms with Gasteiger partial charge in [-0.2, -0.15) is 0 Å². The molecule has 0 bridgehead atoms. The highest BCUT2D eigenvalue weighted by Gasteiger charge is 2.11. The molecule has 4 nitrogen and oxygen atoms in total. The van der Waals surface area contributed by atoms with Crippen molar-refractivity contribution >= 4 is 11.6 Å². The second-order valence-electron chi connectivity index (χ2n) is 5.15. The molecule has 0 aromatic heterocycles. The third-order valence-electron chi connectivity index (χ3n) is 3.45. The molecule has 0 amide bonds. The van der Waals surface area contributed by atoms with Crippen molar-refractivity contribution in [1.82, 2.24) is 10.2 Å². The Bertz CT molecular complexity index is 397.